The van der Waals surface area contributed by atoms with Crippen molar-refractivity contribution in [2.24, 2.45) is 0 Å². The van der Waals surface area contributed by atoms with E-state index in [1.807, 2.05) is 5.38 Å². The van der Waals surface area contributed by atoms with Crippen LogP contribution in [0.15, 0.2) is 15.4 Å². The summed E-state index contributed by atoms with van der Waals surface area (Å²) in [5.74, 6) is 1.13. The van der Waals surface area contributed by atoms with Gasteiger partial charge in [0.25, 0.3) is 0 Å². The third-order valence-electron chi connectivity index (χ3n) is 1.90. The summed E-state index contributed by atoms with van der Waals surface area (Å²) in [5.41, 5.74) is 2.55. The van der Waals surface area contributed by atoms with E-state index in [0.29, 0.717) is 18.3 Å². The SMILES string of the molecule is CC(C)(C)NCc1nc(-c2cscn2)no1. The van der Waals surface area contributed by atoms with E-state index in [1.165, 1.54) is 11.3 Å². The molecule has 0 aliphatic carbocycles. The Kier molecular flexibility index (Phi) is 3.02. The largest absolute Gasteiger partial charge is 0.337 e. The first-order chi connectivity index (χ1) is 7.54. The molecule has 0 atom stereocenters. The minimum Gasteiger partial charge on any atom is -0.337 e. The summed E-state index contributed by atoms with van der Waals surface area (Å²) in [7, 11) is 0. The number of nitrogens with one attached hydrogen (secondary N) is 1. The topological polar surface area (TPSA) is 63.8 Å². The second kappa shape index (κ2) is 4.31. The Labute approximate surface area is 97.9 Å². The molecule has 1 N–H and O–H groups in total. The van der Waals surface area contributed by atoms with Crippen molar-refractivity contribution in [2.75, 3.05) is 0 Å². The van der Waals surface area contributed by atoms with E-state index >= 15 is 0 Å². The van der Waals surface area contributed by atoms with Crippen LogP contribution >= 0.6 is 11.3 Å². The molecule has 16 heavy (non-hydrogen) atoms. The monoisotopic (exact) mass is 238 g/mol. The predicted molar refractivity (Wildman–Crippen MR) is 62.0 cm³/mol. The summed E-state index contributed by atoms with van der Waals surface area (Å²) in [6.07, 6.45) is 0. The third kappa shape index (κ3) is 2.86. The van der Waals surface area contributed by atoms with Gasteiger partial charge < -0.3 is 9.84 Å². The van der Waals surface area contributed by atoms with Crippen LogP contribution in [0.25, 0.3) is 11.5 Å². The van der Waals surface area contributed by atoms with Crippen LogP contribution < -0.4 is 5.32 Å². The standard InChI is InChI=1S/C10H14N4OS/c1-10(2,3)12-4-8-13-9(14-15-8)7-5-16-6-11-7/h5-6,12H,4H2,1-3H3. The highest BCUT2D eigenvalue weighted by molar-refractivity contribution is 7.07. The van der Waals surface area contributed by atoms with E-state index in [4.69, 9.17) is 4.52 Å². The van der Waals surface area contributed by atoms with Crippen molar-refractivity contribution in [3.05, 3.63) is 16.8 Å². The van der Waals surface area contributed by atoms with Gasteiger partial charge in [0, 0.05) is 10.9 Å². The number of thiazole rings is 1. The molecule has 86 valence electrons. The maximum absolute atomic E-state index is 5.12. The molecule has 0 unspecified atom stereocenters. The highest BCUT2D eigenvalue weighted by atomic mass is 32.1. The fourth-order valence-corrected chi connectivity index (χ4v) is 1.62. The first kappa shape index (κ1) is 11.2. The summed E-state index contributed by atoms with van der Waals surface area (Å²) in [6, 6.07) is 0. The van der Waals surface area contributed by atoms with E-state index in [0.717, 1.165) is 5.69 Å². The zero-order chi connectivity index (χ0) is 11.6. The van der Waals surface area contributed by atoms with Crippen molar-refractivity contribution >= 4 is 11.3 Å². The average molecular weight is 238 g/mol. The molecule has 0 aromatic carbocycles. The van der Waals surface area contributed by atoms with E-state index < -0.39 is 0 Å². The van der Waals surface area contributed by atoms with Crippen LogP contribution in [0.2, 0.25) is 0 Å². The maximum Gasteiger partial charge on any atom is 0.240 e. The summed E-state index contributed by atoms with van der Waals surface area (Å²) < 4.78 is 5.12. The fourth-order valence-electron chi connectivity index (χ4n) is 1.09. The Hall–Kier alpha value is -1.27. The summed E-state index contributed by atoms with van der Waals surface area (Å²) in [4.78, 5) is 8.38. The number of hydrogen-bond donors (Lipinski definition) is 1. The normalized spacial score (nSPS) is 11.9. The molecule has 2 aromatic heterocycles. The van der Waals surface area contributed by atoms with Gasteiger partial charge in [-0.2, -0.15) is 4.98 Å². The Morgan fingerprint density at radius 2 is 2.25 bits per heavy atom. The van der Waals surface area contributed by atoms with Crippen molar-refractivity contribution < 1.29 is 4.52 Å². The lowest BCUT2D eigenvalue weighted by molar-refractivity contribution is 0.336. The van der Waals surface area contributed by atoms with Gasteiger partial charge in [-0.3, -0.25) is 0 Å². The summed E-state index contributed by atoms with van der Waals surface area (Å²) >= 11 is 1.51. The Balaban J connectivity index is 2.03. The van der Waals surface area contributed by atoms with Crippen LogP contribution in [0.4, 0.5) is 0 Å². The van der Waals surface area contributed by atoms with Crippen LogP contribution in [0.5, 0.6) is 0 Å². The average Bonchev–Trinajstić information content (AvgIpc) is 2.84. The van der Waals surface area contributed by atoms with Crippen LogP contribution in [-0.2, 0) is 6.54 Å². The van der Waals surface area contributed by atoms with E-state index in [2.05, 4.69) is 41.2 Å². The highest BCUT2D eigenvalue weighted by Crippen LogP contribution is 2.15. The van der Waals surface area contributed by atoms with E-state index in [1.54, 1.807) is 5.51 Å². The molecule has 5 nitrogen and oxygen atoms in total. The lowest BCUT2D eigenvalue weighted by Crippen LogP contribution is -2.35. The molecule has 0 saturated heterocycles. The van der Waals surface area contributed by atoms with Crippen molar-refractivity contribution in [3.63, 3.8) is 0 Å². The molecule has 0 aliphatic rings. The second-order valence-corrected chi connectivity index (χ2v) is 5.21. The minimum absolute atomic E-state index is 0.0370. The van der Waals surface area contributed by atoms with Crippen LogP contribution in [0.3, 0.4) is 0 Å². The zero-order valence-electron chi connectivity index (χ0n) is 9.52. The maximum atomic E-state index is 5.12. The molecule has 0 spiro atoms. The fraction of sp³-hybridized carbons (Fsp3) is 0.500. The first-order valence-corrected chi connectivity index (χ1v) is 5.95. The van der Waals surface area contributed by atoms with Crippen LogP contribution in [0.1, 0.15) is 26.7 Å². The number of rotatable bonds is 3. The van der Waals surface area contributed by atoms with Gasteiger partial charge in [0.2, 0.25) is 11.7 Å². The molecule has 2 aromatic rings. The number of hydrogen-bond acceptors (Lipinski definition) is 6. The Morgan fingerprint density at radius 3 is 2.88 bits per heavy atom. The quantitative estimate of drug-likeness (QED) is 0.887. The van der Waals surface area contributed by atoms with Crippen molar-refractivity contribution in [2.45, 2.75) is 32.9 Å². The number of nitrogens with zero attached hydrogens (tertiary/aromatic N) is 3. The van der Waals surface area contributed by atoms with Gasteiger partial charge in [-0.15, -0.1) is 11.3 Å². The first-order valence-electron chi connectivity index (χ1n) is 5.01. The number of aromatic nitrogens is 3. The van der Waals surface area contributed by atoms with Crippen molar-refractivity contribution in [1.82, 2.24) is 20.4 Å². The molecular formula is C10H14N4OS. The second-order valence-electron chi connectivity index (χ2n) is 4.49. The van der Waals surface area contributed by atoms with Gasteiger partial charge in [0.15, 0.2) is 0 Å². The van der Waals surface area contributed by atoms with Gasteiger partial charge in [-0.25, -0.2) is 4.98 Å². The molecular weight excluding hydrogens is 224 g/mol. The minimum atomic E-state index is 0.0370. The Morgan fingerprint density at radius 1 is 1.44 bits per heavy atom. The third-order valence-corrected chi connectivity index (χ3v) is 2.49. The molecule has 0 radical (unpaired) electrons. The summed E-state index contributed by atoms with van der Waals surface area (Å²) in [5, 5.41) is 9.05. The molecule has 0 amide bonds. The van der Waals surface area contributed by atoms with Crippen LogP contribution in [-0.4, -0.2) is 20.7 Å². The van der Waals surface area contributed by atoms with E-state index in [-0.39, 0.29) is 5.54 Å². The molecule has 0 fully saturated rings. The van der Waals surface area contributed by atoms with Crippen molar-refractivity contribution in [1.29, 1.82) is 0 Å². The molecule has 0 bridgehead atoms. The predicted octanol–water partition coefficient (Wildman–Crippen LogP) is 2.08. The molecule has 0 aliphatic heterocycles. The van der Waals surface area contributed by atoms with Gasteiger partial charge in [-0.05, 0) is 20.8 Å². The summed E-state index contributed by atoms with van der Waals surface area (Å²) in [6.45, 7) is 6.83. The van der Waals surface area contributed by atoms with Gasteiger partial charge in [0.05, 0.1) is 12.1 Å². The molecule has 6 heteroatoms. The van der Waals surface area contributed by atoms with Gasteiger partial charge in [0.1, 0.15) is 5.69 Å². The van der Waals surface area contributed by atoms with Crippen molar-refractivity contribution in [3.8, 4) is 11.5 Å². The van der Waals surface area contributed by atoms with E-state index in [9.17, 15) is 0 Å². The highest BCUT2D eigenvalue weighted by Gasteiger charge is 2.13. The lowest BCUT2D eigenvalue weighted by atomic mass is 10.1. The molecule has 2 heterocycles. The lowest BCUT2D eigenvalue weighted by Gasteiger charge is -2.18. The van der Waals surface area contributed by atoms with Crippen LogP contribution in [0, 0.1) is 0 Å². The Bertz CT molecular complexity index is 444. The smallest absolute Gasteiger partial charge is 0.240 e. The van der Waals surface area contributed by atoms with Gasteiger partial charge >= 0.3 is 0 Å². The van der Waals surface area contributed by atoms with Gasteiger partial charge in [-0.1, -0.05) is 5.16 Å². The zero-order valence-corrected chi connectivity index (χ0v) is 10.3. The molecule has 0 saturated carbocycles. The molecule has 2 rings (SSSR count).